The molecular weight excluding hydrogens is 258 g/mol. The number of nitrogens with one attached hydrogen (secondary N) is 1. The van der Waals surface area contributed by atoms with Crippen LogP contribution in [-0.2, 0) is 9.84 Å². The maximum Gasteiger partial charge on any atom is 0.151 e. The summed E-state index contributed by atoms with van der Waals surface area (Å²) in [5.74, 6) is 1.34. The van der Waals surface area contributed by atoms with E-state index in [2.05, 4.69) is 36.5 Å². The van der Waals surface area contributed by atoms with Gasteiger partial charge in [-0.3, -0.25) is 0 Å². The highest BCUT2D eigenvalue weighted by atomic mass is 32.2. The van der Waals surface area contributed by atoms with Gasteiger partial charge < -0.3 is 5.32 Å². The summed E-state index contributed by atoms with van der Waals surface area (Å²) in [6.45, 7) is 2.17. The normalized spacial score (nSPS) is 33.0. The Morgan fingerprint density at radius 3 is 2.53 bits per heavy atom. The highest BCUT2D eigenvalue weighted by Gasteiger charge is 2.35. The Labute approximate surface area is 115 Å². The molecule has 0 radical (unpaired) electrons. The Balaban J connectivity index is 1.53. The minimum atomic E-state index is -2.76. The van der Waals surface area contributed by atoms with E-state index in [9.17, 15) is 8.42 Å². The number of aryl methyl sites for hydroxylation is 1. The molecule has 3 rings (SSSR count). The zero-order valence-corrected chi connectivity index (χ0v) is 12.1. The summed E-state index contributed by atoms with van der Waals surface area (Å²) in [6, 6.07) is 9.26. The lowest BCUT2D eigenvalue weighted by molar-refractivity contribution is 0.270. The van der Waals surface area contributed by atoms with E-state index in [0.29, 0.717) is 23.5 Å². The summed E-state index contributed by atoms with van der Waals surface area (Å²) >= 11 is 0. The molecule has 1 aromatic carbocycles. The number of rotatable bonds is 3. The lowest BCUT2D eigenvalue weighted by Gasteiger charge is -2.38. The van der Waals surface area contributed by atoms with E-state index in [-0.39, 0.29) is 6.04 Å². The molecule has 0 spiro atoms. The molecule has 2 fully saturated rings. The van der Waals surface area contributed by atoms with Crippen molar-refractivity contribution in [1.82, 2.24) is 5.32 Å². The van der Waals surface area contributed by atoms with Gasteiger partial charge in [0, 0.05) is 12.1 Å². The molecule has 1 aromatic rings. The quantitative estimate of drug-likeness (QED) is 0.920. The van der Waals surface area contributed by atoms with E-state index in [1.54, 1.807) is 0 Å². The molecule has 1 aliphatic heterocycles. The number of sulfone groups is 1. The lowest BCUT2D eigenvalue weighted by atomic mass is 9.74. The van der Waals surface area contributed by atoms with Gasteiger partial charge in [-0.05, 0) is 43.2 Å². The van der Waals surface area contributed by atoms with E-state index < -0.39 is 9.84 Å². The first-order valence-corrected chi connectivity index (χ1v) is 8.87. The molecule has 1 unspecified atom stereocenters. The fourth-order valence-corrected chi connectivity index (χ4v) is 5.00. The third-order valence-electron chi connectivity index (χ3n) is 4.47. The fraction of sp³-hybridized carbons (Fsp3) is 0.600. The second-order valence-corrected chi connectivity index (χ2v) is 8.22. The van der Waals surface area contributed by atoms with Crippen LogP contribution in [0.2, 0.25) is 0 Å². The van der Waals surface area contributed by atoms with E-state index >= 15 is 0 Å². The zero-order chi connectivity index (χ0) is 13.5. The molecule has 4 heteroatoms. The summed E-state index contributed by atoms with van der Waals surface area (Å²) < 4.78 is 22.8. The SMILES string of the molecule is Cc1ccccc1C1CC(NC2CCS(=O)(=O)C2)C1. The number of hydrogen-bond donors (Lipinski definition) is 1. The number of benzene rings is 1. The van der Waals surface area contributed by atoms with Crippen LogP contribution < -0.4 is 5.32 Å². The molecule has 0 aromatic heterocycles. The molecule has 19 heavy (non-hydrogen) atoms. The van der Waals surface area contributed by atoms with Gasteiger partial charge in [0.15, 0.2) is 9.84 Å². The van der Waals surface area contributed by atoms with Gasteiger partial charge in [-0.25, -0.2) is 8.42 Å². The van der Waals surface area contributed by atoms with Crippen molar-refractivity contribution >= 4 is 9.84 Å². The summed E-state index contributed by atoms with van der Waals surface area (Å²) in [6.07, 6.45) is 3.07. The first-order valence-electron chi connectivity index (χ1n) is 7.05. The van der Waals surface area contributed by atoms with E-state index in [1.807, 2.05) is 0 Å². The van der Waals surface area contributed by atoms with Gasteiger partial charge in [0.1, 0.15) is 0 Å². The minimum Gasteiger partial charge on any atom is -0.310 e. The average Bonchev–Trinajstić information content (AvgIpc) is 2.64. The van der Waals surface area contributed by atoms with Gasteiger partial charge in [-0.1, -0.05) is 24.3 Å². The monoisotopic (exact) mass is 279 g/mol. The van der Waals surface area contributed by atoms with Crippen LogP contribution in [0.3, 0.4) is 0 Å². The van der Waals surface area contributed by atoms with E-state index in [4.69, 9.17) is 0 Å². The molecule has 104 valence electrons. The zero-order valence-electron chi connectivity index (χ0n) is 11.3. The maximum atomic E-state index is 11.4. The highest BCUT2D eigenvalue weighted by Crippen LogP contribution is 2.38. The summed E-state index contributed by atoms with van der Waals surface area (Å²) in [5.41, 5.74) is 2.83. The molecule has 1 N–H and O–H groups in total. The van der Waals surface area contributed by atoms with Crippen LogP contribution in [0.15, 0.2) is 24.3 Å². The third-order valence-corrected chi connectivity index (χ3v) is 6.24. The Hall–Kier alpha value is -0.870. The molecule has 0 amide bonds. The number of hydrogen-bond acceptors (Lipinski definition) is 3. The van der Waals surface area contributed by atoms with Crippen LogP contribution in [0.1, 0.15) is 36.3 Å². The van der Waals surface area contributed by atoms with Crippen molar-refractivity contribution in [1.29, 1.82) is 0 Å². The van der Waals surface area contributed by atoms with Crippen LogP contribution in [-0.4, -0.2) is 32.0 Å². The van der Waals surface area contributed by atoms with Crippen molar-refractivity contribution in [3.05, 3.63) is 35.4 Å². The first kappa shape index (κ1) is 13.1. The van der Waals surface area contributed by atoms with Crippen LogP contribution >= 0.6 is 0 Å². The first-order chi connectivity index (χ1) is 9.03. The topological polar surface area (TPSA) is 46.2 Å². The van der Waals surface area contributed by atoms with Gasteiger partial charge in [0.05, 0.1) is 11.5 Å². The van der Waals surface area contributed by atoms with Gasteiger partial charge in [-0.2, -0.15) is 0 Å². The standard InChI is InChI=1S/C15H21NO2S/c1-11-4-2-3-5-15(11)12-8-14(9-12)16-13-6-7-19(17,18)10-13/h2-5,12-14,16H,6-10H2,1H3. The molecular formula is C15H21NO2S. The molecule has 1 atom stereocenters. The van der Waals surface area contributed by atoms with E-state index in [0.717, 1.165) is 19.3 Å². The molecule has 1 saturated carbocycles. The lowest BCUT2D eigenvalue weighted by Crippen LogP contribution is -2.46. The van der Waals surface area contributed by atoms with Gasteiger partial charge in [0.2, 0.25) is 0 Å². The van der Waals surface area contributed by atoms with Gasteiger partial charge >= 0.3 is 0 Å². The highest BCUT2D eigenvalue weighted by molar-refractivity contribution is 7.91. The molecule has 1 heterocycles. The Morgan fingerprint density at radius 1 is 1.16 bits per heavy atom. The van der Waals surface area contributed by atoms with Crippen molar-refractivity contribution in [2.24, 2.45) is 0 Å². The van der Waals surface area contributed by atoms with Crippen LogP contribution in [0.5, 0.6) is 0 Å². The Morgan fingerprint density at radius 2 is 1.89 bits per heavy atom. The summed E-state index contributed by atoms with van der Waals surface area (Å²) in [7, 11) is -2.76. The second-order valence-electron chi connectivity index (χ2n) is 5.99. The van der Waals surface area contributed by atoms with Crippen molar-refractivity contribution in [3.63, 3.8) is 0 Å². The maximum absolute atomic E-state index is 11.4. The average molecular weight is 279 g/mol. The molecule has 2 aliphatic rings. The summed E-state index contributed by atoms with van der Waals surface area (Å²) in [5, 5.41) is 3.51. The second kappa shape index (κ2) is 4.91. The van der Waals surface area contributed by atoms with Crippen molar-refractivity contribution in [2.45, 2.75) is 44.2 Å². The summed E-state index contributed by atoms with van der Waals surface area (Å²) in [4.78, 5) is 0. The Kier molecular flexibility index (Phi) is 3.39. The third kappa shape index (κ3) is 2.84. The molecule has 0 bridgehead atoms. The molecule has 1 aliphatic carbocycles. The smallest absolute Gasteiger partial charge is 0.151 e. The fourth-order valence-electron chi connectivity index (χ4n) is 3.31. The van der Waals surface area contributed by atoms with Crippen molar-refractivity contribution in [2.75, 3.05) is 11.5 Å². The van der Waals surface area contributed by atoms with E-state index in [1.165, 1.54) is 11.1 Å². The van der Waals surface area contributed by atoms with Crippen molar-refractivity contribution in [3.8, 4) is 0 Å². The largest absolute Gasteiger partial charge is 0.310 e. The molecule has 1 saturated heterocycles. The predicted molar refractivity (Wildman–Crippen MR) is 77.1 cm³/mol. The van der Waals surface area contributed by atoms with Gasteiger partial charge in [-0.15, -0.1) is 0 Å². The van der Waals surface area contributed by atoms with Crippen LogP contribution in [0, 0.1) is 6.92 Å². The van der Waals surface area contributed by atoms with Crippen molar-refractivity contribution < 1.29 is 8.42 Å². The van der Waals surface area contributed by atoms with Gasteiger partial charge in [0.25, 0.3) is 0 Å². The Bertz CT molecular complexity index is 561. The minimum absolute atomic E-state index is 0.188. The predicted octanol–water partition coefficient (Wildman–Crippen LogP) is 2.02. The van der Waals surface area contributed by atoms with Crippen LogP contribution in [0.4, 0.5) is 0 Å². The van der Waals surface area contributed by atoms with Crippen LogP contribution in [0.25, 0.3) is 0 Å². The molecule has 3 nitrogen and oxygen atoms in total.